The third-order valence-electron chi connectivity index (χ3n) is 9.04. The number of ether oxygens (including phenoxy) is 1. The molecule has 4 aromatic rings. The van der Waals surface area contributed by atoms with Crippen molar-refractivity contribution in [2.24, 2.45) is 5.73 Å². The Morgan fingerprint density at radius 2 is 1.39 bits per heavy atom. The Hall–Kier alpha value is -5.89. The Morgan fingerprint density at radius 3 is 1.88 bits per heavy atom. The fraction of sp³-hybridized carbons (Fsp3) is 0.231. The van der Waals surface area contributed by atoms with Gasteiger partial charge in [-0.3, -0.25) is 44.6 Å². The van der Waals surface area contributed by atoms with E-state index in [1.165, 1.54) is 53.4 Å². The van der Waals surface area contributed by atoms with E-state index in [1.807, 2.05) is 6.11 Å². The minimum Gasteiger partial charge on any atom is -0.369 e. The van der Waals surface area contributed by atoms with Gasteiger partial charge in [-0.2, -0.15) is 0 Å². The van der Waals surface area contributed by atoms with Crippen molar-refractivity contribution in [1.29, 1.82) is 0 Å². The second-order valence-corrected chi connectivity index (χ2v) is 12.8. The van der Waals surface area contributed by atoms with Gasteiger partial charge in [0, 0.05) is 46.5 Å². The molecular formula is C39H40BrClF2N6O7. The molecule has 2 unspecified atom stereocenters. The second-order valence-electron chi connectivity index (χ2n) is 12.3. The molecule has 3 aliphatic heterocycles. The molecule has 0 bridgehead atoms. The number of carbonyl (C=O) groups excluding carboxylic acids is 6. The van der Waals surface area contributed by atoms with Crippen molar-refractivity contribution in [3.8, 4) is 12.5 Å². The van der Waals surface area contributed by atoms with E-state index in [1.54, 1.807) is 36.7 Å². The highest BCUT2D eigenvalue weighted by molar-refractivity contribution is 9.08. The molecule has 2 aromatic carbocycles. The highest BCUT2D eigenvalue weighted by atomic mass is 79.9. The highest BCUT2D eigenvalue weighted by Gasteiger charge is 2.51. The molecule has 2 fully saturated rings. The number of nitrogens with zero attached hydrogens (tertiary/aromatic N) is 3. The average Bonchev–Trinajstić information content (AvgIpc) is 3.76. The summed E-state index contributed by atoms with van der Waals surface area (Å²) in [5.41, 5.74) is 6.55. The van der Waals surface area contributed by atoms with Crippen LogP contribution in [0.25, 0.3) is 0 Å². The number of rotatable bonds is 7. The van der Waals surface area contributed by atoms with Crippen LogP contribution in [0.3, 0.4) is 0 Å². The van der Waals surface area contributed by atoms with Crippen molar-refractivity contribution in [2.75, 3.05) is 13.1 Å². The average molecular weight is 858 g/mol. The van der Waals surface area contributed by atoms with Gasteiger partial charge < -0.3 is 15.4 Å². The Morgan fingerprint density at radius 1 is 0.875 bits per heavy atom. The third-order valence-corrected chi connectivity index (χ3v) is 9.57. The van der Waals surface area contributed by atoms with Gasteiger partial charge in [-0.1, -0.05) is 54.0 Å². The number of terminal acetylenes is 1. The molecule has 17 heteroatoms. The smallest absolute Gasteiger partial charge is 0.353 e. The van der Waals surface area contributed by atoms with Crippen LogP contribution in [-0.2, 0) is 46.6 Å². The SMILES string of the molecule is C.C#COC(=O)c1cccnc1CBr.Cl.NCC1(c2ccc(F)cc2)CC(=O)NC1=O.O=C1CC(CN2Cc3ncccc3C2=O)(c2ccc(F)cc2)C(=O)N1.[HH].[HH]. The number of carbonyl (C=O) groups is 6. The summed E-state index contributed by atoms with van der Waals surface area (Å²) < 4.78 is 30.5. The fourth-order valence-corrected chi connectivity index (χ4v) is 6.72. The van der Waals surface area contributed by atoms with Crippen LogP contribution in [0.5, 0.6) is 0 Å². The maximum atomic E-state index is 13.3. The number of imide groups is 2. The lowest BCUT2D eigenvalue weighted by Crippen LogP contribution is -2.46. The third kappa shape index (κ3) is 9.31. The first-order valence-corrected chi connectivity index (χ1v) is 17.3. The molecule has 0 spiro atoms. The molecule has 5 heterocycles. The van der Waals surface area contributed by atoms with Crippen molar-refractivity contribution in [2.45, 2.75) is 43.0 Å². The molecule has 0 radical (unpaired) electrons. The van der Waals surface area contributed by atoms with Crippen molar-refractivity contribution >= 4 is 63.8 Å². The Bertz CT molecular complexity index is 2180. The van der Waals surface area contributed by atoms with Crippen LogP contribution in [0, 0.1) is 24.2 Å². The molecule has 13 nitrogen and oxygen atoms in total. The van der Waals surface area contributed by atoms with Crippen LogP contribution in [-0.4, -0.2) is 63.5 Å². The van der Waals surface area contributed by atoms with E-state index >= 15 is 0 Å². The van der Waals surface area contributed by atoms with Gasteiger partial charge in [0.2, 0.25) is 23.6 Å². The Kier molecular flexibility index (Phi) is 15.2. The predicted molar refractivity (Wildman–Crippen MR) is 209 cm³/mol. The summed E-state index contributed by atoms with van der Waals surface area (Å²) in [6.07, 6.45) is 9.81. The number of hydrogen-bond donors (Lipinski definition) is 3. The van der Waals surface area contributed by atoms with E-state index in [0.29, 0.717) is 39.0 Å². The number of alkyl halides is 1. The van der Waals surface area contributed by atoms with Crippen LogP contribution in [0.15, 0.2) is 85.2 Å². The zero-order valence-corrected chi connectivity index (χ0v) is 31.1. The van der Waals surface area contributed by atoms with Gasteiger partial charge in [-0.25, -0.2) is 13.6 Å². The first-order chi connectivity index (χ1) is 25.9. The first kappa shape index (κ1) is 44.5. The standard InChI is InChI=1S/C18H14FN3O3.C11H11FN2O2.C9H6BrNO2.CH4.ClH.2H2/c19-12-5-3-11(4-6-12)18(8-15(23)21-17(18)25)10-22-9-14-13(16(22)24)2-1-7-20-14;12-8-3-1-7(2-4-8)11(6-13)5-9(15)14-10(11)16;1-2-13-9(12)7-4-3-5-11-8(7)6-10;;;;/h1-7H,8-10H2,(H,21,23,25);1-4H,5-6,13H2,(H,14,15,16);1,3-5H,6H2;1H4;3*1H. The lowest BCUT2D eigenvalue weighted by atomic mass is 9.78. The monoisotopic (exact) mass is 856 g/mol. The van der Waals surface area contributed by atoms with Crippen molar-refractivity contribution in [3.63, 3.8) is 0 Å². The summed E-state index contributed by atoms with van der Waals surface area (Å²) in [4.78, 5) is 80.9. The van der Waals surface area contributed by atoms with E-state index in [2.05, 4.69) is 41.3 Å². The molecule has 5 amide bonds. The summed E-state index contributed by atoms with van der Waals surface area (Å²) in [5, 5.41) is 5.01. The molecule has 0 aliphatic carbocycles. The largest absolute Gasteiger partial charge is 0.369 e. The summed E-state index contributed by atoms with van der Waals surface area (Å²) in [6, 6.07) is 17.6. The molecule has 2 atom stereocenters. The zero-order chi connectivity index (χ0) is 39.0. The number of pyridine rings is 2. The van der Waals surface area contributed by atoms with Crippen molar-refractivity contribution < 1.29 is 45.1 Å². The van der Waals surface area contributed by atoms with Gasteiger partial charge in [0.25, 0.3) is 5.91 Å². The van der Waals surface area contributed by atoms with Crippen LogP contribution in [0.4, 0.5) is 8.78 Å². The van der Waals surface area contributed by atoms with Crippen LogP contribution in [0.2, 0.25) is 0 Å². The lowest BCUT2D eigenvalue weighted by molar-refractivity contribution is -0.128. The van der Waals surface area contributed by atoms with Crippen molar-refractivity contribution in [3.05, 3.63) is 130 Å². The maximum absolute atomic E-state index is 13.3. The number of halogens is 4. The van der Waals surface area contributed by atoms with Crippen LogP contribution >= 0.6 is 28.3 Å². The number of aromatic nitrogens is 2. The minimum atomic E-state index is -1.22. The van der Waals surface area contributed by atoms with E-state index in [0.717, 1.165) is 0 Å². The van der Waals surface area contributed by atoms with Gasteiger partial charge >= 0.3 is 5.97 Å². The molecule has 2 aromatic heterocycles. The quantitative estimate of drug-likeness (QED) is 0.103. The van der Waals surface area contributed by atoms with Gasteiger partial charge in [-0.05, 0) is 59.7 Å². The number of esters is 1. The van der Waals surface area contributed by atoms with E-state index in [-0.39, 0.29) is 72.8 Å². The fourth-order valence-electron chi connectivity index (χ4n) is 6.27. The molecule has 296 valence electrons. The van der Waals surface area contributed by atoms with Crippen LogP contribution < -0.4 is 16.4 Å². The number of hydrogen-bond acceptors (Lipinski definition) is 10. The minimum absolute atomic E-state index is 0. The molecule has 4 N–H and O–H groups in total. The first-order valence-electron chi connectivity index (χ1n) is 16.2. The summed E-state index contributed by atoms with van der Waals surface area (Å²) in [6.45, 7) is 0.334. The summed E-state index contributed by atoms with van der Waals surface area (Å²) in [5.74, 6) is -3.23. The van der Waals surface area contributed by atoms with E-state index < -0.39 is 40.3 Å². The summed E-state index contributed by atoms with van der Waals surface area (Å²) in [7, 11) is 0. The Labute approximate surface area is 338 Å². The predicted octanol–water partition coefficient (Wildman–Crippen LogP) is 4.50. The van der Waals surface area contributed by atoms with E-state index in [4.69, 9.17) is 12.2 Å². The molecule has 2 saturated heterocycles. The Balaban J connectivity index is 0.000000447. The molecular weight excluding hydrogens is 818 g/mol. The van der Waals surface area contributed by atoms with Crippen LogP contribution in [0.1, 0.15) is 66.4 Å². The van der Waals surface area contributed by atoms with Gasteiger partial charge in [0.15, 0.2) is 0 Å². The normalized spacial score (nSPS) is 19.1. The molecule has 56 heavy (non-hydrogen) atoms. The van der Waals surface area contributed by atoms with Gasteiger partial charge in [-0.15, -0.1) is 12.4 Å². The number of amides is 5. The number of nitrogens with two attached hydrogens (primary N) is 1. The van der Waals surface area contributed by atoms with Gasteiger partial charge in [0.1, 0.15) is 23.2 Å². The second kappa shape index (κ2) is 19.1. The van der Waals surface area contributed by atoms with Gasteiger partial charge in [0.05, 0.1) is 34.5 Å². The maximum Gasteiger partial charge on any atom is 0.353 e. The lowest BCUT2D eigenvalue weighted by Gasteiger charge is -2.30. The zero-order valence-electron chi connectivity index (χ0n) is 28.7. The van der Waals surface area contributed by atoms with Crippen molar-refractivity contribution in [1.82, 2.24) is 25.5 Å². The molecule has 3 aliphatic rings. The highest BCUT2D eigenvalue weighted by Crippen LogP contribution is 2.36. The molecule has 0 saturated carbocycles. The number of fused-ring (bicyclic) bond motifs is 1. The number of nitrogens with one attached hydrogen (secondary N) is 2. The van der Waals surface area contributed by atoms with E-state index in [9.17, 15) is 37.5 Å². The number of benzene rings is 2. The summed E-state index contributed by atoms with van der Waals surface area (Å²) >= 11 is 3.21. The molecule has 7 rings (SSSR count). The topological polar surface area (TPSA) is 191 Å².